The number of anilines is 1. The van der Waals surface area contributed by atoms with Gasteiger partial charge in [0.15, 0.2) is 11.5 Å². The van der Waals surface area contributed by atoms with Crippen LogP contribution in [0.25, 0.3) is 0 Å². The molecule has 2 aromatic carbocycles. The average molecular weight is 302 g/mol. The quantitative estimate of drug-likeness (QED) is 0.876. The molecule has 106 valence electrons. The number of benzene rings is 2. The van der Waals surface area contributed by atoms with Crippen LogP contribution < -0.4 is 14.8 Å². The van der Waals surface area contributed by atoms with E-state index in [-0.39, 0.29) is 18.6 Å². The van der Waals surface area contributed by atoms with Crippen molar-refractivity contribution in [1.82, 2.24) is 0 Å². The molecule has 0 bridgehead atoms. The lowest BCUT2D eigenvalue weighted by Gasteiger charge is -2.26. The summed E-state index contributed by atoms with van der Waals surface area (Å²) in [7, 11) is 0. The first-order valence-corrected chi connectivity index (χ1v) is 7.07. The second-order valence-electron chi connectivity index (χ2n) is 5.15. The van der Waals surface area contributed by atoms with Crippen LogP contribution in [0.15, 0.2) is 36.4 Å². The Bertz CT molecular complexity index is 744. The first-order chi connectivity index (χ1) is 10.2. The van der Waals surface area contributed by atoms with Crippen molar-refractivity contribution in [3.63, 3.8) is 0 Å². The van der Waals surface area contributed by atoms with Gasteiger partial charge in [-0.15, -0.1) is 0 Å². The summed E-state index contributed by atoms with van der Waals surface area (Å²) in [4.78, 5) is 12.0. The summed E-state index contributed by atoms with van der Waals surface area (Å²) in [5, 5.41) is 3.56. The van der Waals surface area contributed by atoms with E-state index in [1.165, 1.54) is 0 Å². The first-order valence-electron chi connectivity index (χ1n) is 6.69. The van der Waals surface area contributed by atoms with Gasteiger partial charge >= 0.3 is 0 Å². The number of amides is 1. The zero-order valence-electron chi connectivity index (χ0n) is 11.1. The molecule has 0 aliphatic carbocycles. The molecule has 2 aliphatic heterocycles. The van der Waals surface area contributed by atoms with Crippen molar-refractivity contribution in [3.05, 3.63) is 52.5 Å². The second kappa shape index (κ2) is 4.67. The average Bonchev–Trinajstić information content (AvgIpc) is 2.91. The SMILES string of the molecule is O=C1CC(c2cccc(Cl)c2)c2cc3c(cc2N1)OCO3. The van der Waals surface area contributed by atoms with Crippen LogP contribution in [0, 0.1) is 0 Å². The molecule has 0 saturated heterocycles. The molecule has 2 aliphatic rings. The van der Waals surface area contributed by atoms with E-state index in [2.05, 4.69) is 5.32 Å². The Morgan fingerprint density at radius 1 is 1.14 bits per heavy atom. The van der Waals surface area contributed by atoms with E-state index in [1.807, 2.05) is 36.4 Å². The number of hydrogen-bond donors (Lipinski definition) is 1. The van der Waals surface area contributed by atoms with E-state index in [0.717, 1.165) is 22.6 Å². The highest BCUT2D eigenvalue weighted by Gasteiger charge is 2.29. The van der Waals surface area contributed by atoms with Crippen LogP contribution in [0.1, 0.15) is 23.5 Å². The number of ether oxygens (including phenoxy) is 2. The summed E-state index contributed by atoms with van der Waals surface area (Å²) in [6.07, 6.45) is 0.396. The molecule has 2 aromatic rings. The van der Waals surface area contributed by atoms with Crippen LogP contribution >= 0.6 is 11.6 Å². The Labute approximate surface area is 126 Å². The van der Waals surface area contributed by atoms with Gasteiger partial charge in [-0.2, -0.15) is 0 Å². The van der Waals surface area contributed by atoms with Crippen LogP contribution in [0.3, 0.4) is 0 Å². The number of carbonyl (C=O) groups excluding carboxylic acids is 1. The molecule has 5 heteroatoms. The van der Waals surface area contributed by atoms with Crippen molar-refractivity contribution in [2.45, 2.75) is 12.3 Å². The largest absolute Gasteiger partial charge is 0.454 e. The van der Waals surface area contributed by atoms with E-state index in [0.29, 0.717) is 17.2 Å². The second-order valence-corrected chi connectivity index (χ2v) is 5.59. The third-order valence-corrected chi connectivity index (χ3v) is 4.07. The third kappa shape index (κ3) is 2.12. The topological polar surface area (TPSA) is 47.6 Å². The molecule has 4 rings (SSSR count). The maximum atomic E-state index is 12.0. The number of halogens is 1. The van der Waals surface area contributed by atoms with Gasteiger partial charge in [0.2, 0.25) is 12.7 Å². The number of carbonyl (C=O) groups is 1. The van der Waals surface area contributed by atoms with Crippen LogP contribution in [0.5, 0.6) is 11.5 Å². The lowest BCUT2D eigenvalue weighted by atomic mass is 9.84. The van der Waals surface area contributed by atoms with Gasteiger partial charge in [0.1, 0.15) is 0 Å². The Morgan fingerprint density at radius 2 is 1.95 bits per heavy atom. The van der Waals surface area contributed by atoms with E-state index < -0.39 is 0 Å². The third-order valence-electron chi connectivity index (χ3n) is 3.83. The predicted octanol–water partition coefficient (Wildman–Crippen LogP) is 3.54. The molecular weight excluding hydrogens is 290 g/mol. The number of nitrogens with one attached hydrogen (secondary N) is 1. The van der Waals surface area contributed by atoms with Crippen molar-refractivity contribution in [2.24, 2.45) is 0 Å². The summed E-state index contributed by atoms with van der Waals surface area (Å²) in [6, 6.07) is 11.4. The number of rotatable bonds is 1. The first kappa shape index (κ1) is 12.5. The molecule has 1 N–H and O–H groups in total. The fraction of sp³-hybridized carbons (Fsp3) is 0.188. The van der Waals surface area contributed by atoms with Gasteiger partial charge in [0.25, 0.3) is 0 Å². The molecule has 0 saturated carbocycles. The monoisotopic (exact) mass is 301 g/mol. The van der Waals surface area contributed by atoms with E-state index in [9.17, 15) is 4.79 Å². The zero-order valence-corrected chi connectivity index (χ0v) is 11.8. The molecule has 0 aromatic heterocycles. The van der Waals surface area contributed by atoms with Crippen LogP contribution in [0.4, 0.5) is 5.69 Å². The van der Waals surface area contributed by atoms with Crippen LogP contribution in [-0.2, 0) is 4.79 Å². The lowest BCUT2D eigenvalue weighted by molar-refractivity contribution is -0.116. The molecule has 0 radical (unpaired) electrons. The lowest BCUT2D eigenvalue weighted by Crippen LogP contribution is -2.23. The Morgan fingerprint density at radius 3 is 2.76 bits per heavy atom. The molecule has 2 heterocycles. The van der Waals surface area contributed by atoms with Crippen molar-refractivity contribution < 1.29 is 14.3 Å². The Balaban J connectivity index is 1.85. The maximum Gasteiger partial charge on any atom is 0.231 e. The van der Waals surface area contributed by atoms with Crippen molar-refractivity contribution in [2.75, 3.05) is 12.1 Å². The van der Waals surface area contributed by atoms with Crippen LogP contribution in [-0.4, -0.2) is 12.7 Å². The molecule has 21 heavy (non-hydrogen) atoms. The van der Waals surface area contributed by atoms with Gasteiger partial charge in [-0.1, -0.05) is 23.7 Å². The summed E-state index contributed by atoms with van der Waals surface area (Å²) in [5.74, 6) is 1.35. The standard InChI is InChI=1S/C16H12ClNO3/c17-10-3-1-2-9(4-10)11-6-16(19)18-13-7-15-14(5-12(11)13)20-8-21-15/h1-5,7,11H,6,8H2,(H,18,19). The van der Waals surface area contributed by atoms with Crippen LogP contribution in [0.2, 0.25) is 5.02 Å². The molecular formula is C16H12ClNO3. The van der Waals surface area contributed by atoms with Gasteiger partial charge < -0.3 is 14.8 Å². The van der Waals surface area contributed by atoms with Crippen molar-refractivity contribution >= 4 is 23.2 Å². The van der Waals surface area contributed by atoms with Gasteiger partial charge in [-0.05, 0) is 29.3 Å². The van der Waals surface area contributed by atoms with E-state index >= 15 is 0 Å². The molecule has 4 nitrogen and oxygen atoms in total. The van der Waals surface area contributed by atoms with E-state index in [4.69, 9.17) is 21.1 Å². The van der Waals surface area contributed by atoms with Crippen molar-refractivity contribution in [3.8, 4) is 11.5 Å². The maximum absolute atomic E-state index is 12.0. The fourth-order valence-corrected chi connectivity index (χ4v) is 3.07. The minimum Gasteiger partial charge on any atom is -0.454 e. The molecule has 1 atom stereocenters. The van der Waals surface area contributed by atoms with Gasteiger partial charge in [0.05, 0.1) is 0 Å². The summed E-state index contributed by atoms with van der Waals surface area (Å²) < 4.78 is 10.8. The highest BCUT2D eigenvalue weighted by Crippen LogP contribution is 2.44. The summed E-state index contributed by atoms with van der Waals surface area (Å²) >= 11 is 6.08. The normalized spacial score (nSPS) is 19.1. The fourth-order valence-electron chi connectivity index (χ4n) is 2.87. The highest BCUT2D eigenvalue weighted by molar-refractivity contribution is 6.30. The predicted molar refractivity (Wildman–Crippen MR) is 79.1 cm³/mol. The summed E-state index contributed by atoms with van der Waals surface area (Å²) in [6.45, 7) is 0.216. The number of hydrogen-bond acceptors (Lipinski definition) is 3. The minimum absolute atomic E-state index is 0.00802. The smallest absolute Gasteiger partial charge is 0.231 e. The van der Waals surface area contributed by atoms with Gasteiger partial charge in [-0.3, -0.25) is 4.79 Å². The Hall–Kier alpha value is -2.20. The Kier molecular flexibility index (Phi) is 2.79. The molecule has 0 fully saturated rings. The zero-order chi connectivity index (χ0) is 14.4. The minimum atomic E-state index is -0.0260. The van der Waals surface area contributed by atoms with Gasteiger partial charge in [0, 0.05) is 29.1 Å². The summed E-state index contributed by atoms with van der Waals surface area (Å²) in [5.41, 5.74) is 2.83. The number of fused-ring (bicyclic) bond motifs is 2. The van der Waals surface area contributed by atoms with Crippen molar-refractivity contribution in [1.29, 1.82) is 0 Å². The molecule has 1 unspecified atom stereocenters. The van der Waals surface area contributed by atoms with Gasteiger partial charge in [-0.25, -0.2) is 0 Å². The van der Waals surface area contributed by atoms with E-state index in [1.54, 1.807) is 0 Å². The molecule has 0 spiro atoms. The molecule has 1 amide bonds. The highest BCUT2D eigenvalue weighted by atomic mass is 35.5.